The van der Waals surface area contributed by atoms with Crippen molar-refractivity contribution in [1.82, 2.24) is 9.47 Å². The normalized spacial score (nSPS) is 15.5. The van der Waals surface area contributed by atoms with Crippen LogP contribution in [0.4, 0.5) is 5.69 Å². The van der Waals surface area contributed by atoms with Gasteiger partial charge in [0.05, 0.1) is 0 Å². The molecular weight excluding hydrogens is 362 g/mol. The highest BCUT2D eigenvalue weighted by molar-refractivity contribution is 6.07. The molecule has 1 atom stereocenters. The summed E-state index contributed by atoms with van der Waals surface area (Å²) in [4.78, 5) is 27.4. The Bertz CT molecular complexity index is 1050. The average molecular weight is 389 g/mol. The second-order valence-corrected chi connectivity index (χ2v) is 7.87. The highest BCUT2D eigenvalue weighted by atomic mass is 16.2. The number of likely N-dealkylation sites (tertiary alicyclic amines) is 1. The zero-order chi connectivity index (χ0) is 20.4. The molecule has 5 nitrogen and oxygen atoms in total. The fourth-order valence-corrected chi connectivity index (χ4v) is 4.13. The highest BCUT2D eigenvalue weighted by Crippen LogP contribution is 2.26. The molecule has 1 amide bonds. The predicted octanol–water partition coefficient (Wildman–Crippen LogP) is 4.64. The summed E-state index contributed by atoms with van der Waals surface area (Å²) in [5.41, 5.74) is 3.56. The van der Waals surface area contributed by atoms with E-state index in [1.807, 2.05) is 47.9 Å². The second kappa shape index (κ2) is 8.21. The number of carbonyl (C=O) groups is 2. The molecule has 1 N–H and O–H groups in total. The van der Waals surface area contributed by atoms with Crippen molar-refractivity contribution in [2.75, 3.05) is 18.4 Å². The summed E-state index contributed by atoms with van der Waals surface area (Å²) in [6.07, 6.45) is 4.32. The molecule has 0 bridgehead atoms. The maximum atomic E-state index is 13.0. The van der Waals surface area contributed by atoms with E-state index in [1.165, 1.54) is 18.4 Å². The number of carbonyl (C=O) groups excluding carboxylic acids is 2. The van der Waals surface area contributed by atoms with Crippen molar-refractivity contribution >= 4 is 28.3 Å². The number of nitrogens with zero attached hydrogens (tertiary/aromatic N) is 2. The van der Waals surface area contributed by atoms with Gasteiger partial charge in [-0.25, -0.2) is 0 Å². The molecule has 1 aromatic heterocycles. The molecule has 0 radical (unpaired) electrons. The summed E-state index contributed by atoms with van der Waals surface area (Å²) in [7, 11) is 0. The first-order valence-electron chi connectivity index (χ1n) is 10.3. The lowest BCUT2D eigenvalue weighted by atomic mass is 10.1. The molecule has 0 spiro atoms. The Balaban J connectivity index is 1.53. The number of aromatic nitrogens is 1. The van der Waals surface area contributed by atoms with Crippen LogP contribution in [0.3, 0.4) is 0 Å². The van der Waals surface area contributed by atoms with Crippen LogP contribution >= 0.6 is 0 Å². The van der Waals surface area contributed by atoms with E-state index in [0.29, 0.717) is 5.56 Å². The summed E-state index contributed by atoms with van der Waals surface area (Å²) >= 11 is 0. The number of fused-ring (bicyclic) bond motifs is 1. The van der Waals surface area contributed by atoms with E-state index in [0.717, 1.165) is 36.2 Å². The zero-order valence-corrected chi connectivity index (χ0v) is 17.0. The Morgan fingerprint density at radius 2 is 1.83 bits per heavy atom. The minimum atomic E-state index is -0.435. The lowest BCUT2D eigenvalue weighted by Gasteiger charge is -2.17. The van der Waals surface area contributed by atoms with E-state index in [-0.39, 0.29) is 11.7 Å². The number of hydrogen-bond acceptors (Lipinski definition) is 3. The minimum Gasteiger partial charge on any atom is -0.335 e. The smallest absolute Gasteiger partial charge is 0.247 e. The molecule has 0 saturated carbocycles. The van der Waals surface area contributed by atoms with Crippen molar-refractivity contribution < 1.29 is 9.59 Å². The quantitative estimate of drug-likeness (QED) is 0.625. The topological polar surface area (TPSA) is 54.3 Å². The van der Waals surface area contributed by atoms with Crippen molar-refractivity contribution in [3.05, 3.63) is 65.9 Å². The summed E-state index contributed by atoms with van der Waals surface area (Å²) in [5.74, 6) is -0.0960. The third kappa shape index (κ3) is 4.10. The molecule has 4 rings (SSSR count). The van der Waals surface area contributed by atoms with Crippen molar-refractivity contribution in [1.29, 1.82) is 0 Å². The molecule has 29 heavy (non-hydrogen) atoms. The molecule has 150 valence electrons. The number of ketones is 1. The first-order valence-corrected chi connectivity index (χ1v) is 10.3. The van der Waals surface area contributed by atoms with Gasteiger partial charge < -0.3 is 9.88 Å². The number of Topliss-reactive ketones (excluding diaryl/α,β-unsaturated/α-hetero) is 1. The summed E-state index contributed by atoms with van der Waals surface area (Å²) in [6, 6.07) is 15.4. The van der Waals surface area contributed by atoms with E-state index in [1.54, 1.807) is 13.1 Å². The lowest BCUT2D eigenvalue weighted by Crippen LogP contribution is -2.23. The molecule has 1 unspecified atom stereocenters. The third-order valence-electron chi connectivity index (χ3n) is 5.72. The molecule has 2 heterocycles. The number of amides is 1. The Kier molecular flexibility index (Phi) is 5.49. The van der Waals surface area contributed by atoms with Crippen molar-refractivity contribution in [3.63, 3.8) is 0 Å². The molecule has 1 fully saturated rings. The zero-order valence-electron chi connectivity index (χ0n) is 17.0. The van der Waals surface area contributed by atoms with Crippen molar-refractivity contribution in [2.24, 2.45) is 0 Å². The van der Waals surface area contributed by atoms with Crippen LogP contribution in [0.2, 0.25) is 0 Å². The van der Waals surface area contributed by atoms with Crippen LogP contribution < -0.4 is 5.32 Å². The monoisotopic (exact) mass is 389 g/mol. The average Bonchev–Trinajstić information content (AvgIpc) is 3.35. The van der Waals surface area contributed by atoms with Gasteiger partial charge in [0.25, 0.3) is 0 Å². The molecular formula is C24H27N3O2. The minimum absolute atomic E-state index is 0.00201. The van der Waals surface area contributed by atoms with Crippen LogP contribution in [0.25, 0.3) is 10.9 Å². The maximum Gasteiger partial charge on any atom is 0.247 e. The molecule has 3 aromatic rings. The van der Waals surface area contributed by atoms with Gasteiger partial charge in [-0.3, -0.25) is 14.5 Å². The fourth-order valence-electron chi connectivity index (χ4n) is 4.13. The maximum absolute atomic E-state index is 13.0. The van der Waals surface area contributed by atoms with Crippen LogP contribution in [-0.2, 0) is 11.3 Å². The Morgan fingerprint density at radius 1 is 1.07 bits per heavy atom. The lowest BCUT2D eigenvalue weighted by molar-refractivity contribution is -0.118. The van der Waals surface area contributed by atoms with Gasteiger partial charge >= 0.3 is 0 Å². The van der Waals surface area contributed by atoms with Crippen LogP contribution in [0.5, 0.6) is 0 Å². The van der Waals surface area contributed by atoms with Gasteiger partial charge in [-0.1, -0.05) is 30.3 Å². The van der Waals surface area contributed by atoms with Gasteiger partial charge in [0.15, 0.2) is 5.78 Å². The van der Waals surface area contributed by atoms with Gasteiger partial charge in [0.2, 0.25) is 5.91 Å². The third-order valence-corrected chi connectivity index (χ3v) is 5.72. The van der Waals surface area contributed by atoms with Crippen molar-refractivity contribution in [3.8, 4) is 0 Å². The first kappa shape index (κ1) is 19.4. The molecule has 1 aliphatic rings. The number of rotatable bonds is 6. The van der Waals surface area contributed by atoms with E-state index in [4.69, 9.17) is 0 Å². The standard InChI is InChI=1S/C24H27N3O2/c1-17(27-16-22(18(2)28)21-10-3-4-11-23(21)27)24(29)25-20-9-7-8-19(14-20)15-26-12-5-6-13-26/h3-4,7-11,14,16-17H,5-6,12-13,15H2,1-2H3,(H,25,29). The van der Waals surface area contributed by atoms with Gasteiger partial charge in [-0.15, -0.1) is 0 Å². The Labute approximate surface area is 171 Å². The fraction of sp³-hybridized carbons (Fsp3) is 0.333. The highest BCUT2D eigenvalue weighted by Gasteiger charge is 2.20. The molecule has 1 saturated heterocycles. The number of nitrogens with one attached hydrogen (secondary N) is 1. The Morgan fingerprint density at radius 3 is 2.59 bits per heavy atom. The number of para-hydroxylation sites is 1. The molecule has 2 aromatic carbocycles. The molecule has 0 aliphatic carbocycles. The first-order chi connectivity index (χ1) is 14.0. The summed E-state index contributed by atoms with van der Waals surface area (Å²) < 4.78 is 1.88. The van der Waals surface area contributed by atoms with Crippen LogP contribution in [-0.4, -0.2) is 34.2 Å². The van der Waals surface area contributed by atoms with Crippen molar-refractivity contribution in [2.45, 2.75) is 39.3 Å². The van der Waals surface area contributed by atoms with Gasteiger partial charge in [-0.05, 0) is 63.5 Å². The van der Waals surface area contributed by atoms with Gasteiger partial charge in [-0.2, -0.15) is 0 Å². The van der Waals surface area contributed by atoms with Crippen LogP contribution in [0.15, 0.2) is 54.7 Å². The van der Waals surface area contributed by atoms with E-state index in [9.17, 15) is 9.59 Å². The SMILES string of the molecule is CC(=O)c1cn(C(C)C(=O)Nc2cccc(CN3CCCC3)c2)c2ccccc12. The molecule has 1 aliphatic heterocycles. The van der Waals surface area contributed by atoms with Crippen LogP contribution in [0, 0.1) is 0 Å². The largest absolute Gasteiger partial charge is 0.335 e. The second-order valence-electron chi connectivity index (χ2n) is 7.87. The number of benzene rings is 2. The predicted molar refractivity (Wildman–Crippen MR) is 116 cm³/mol. The summed E-state index contributed by atoms with van der Waals surface area (Å²) in [5, 5.41) is 3.93. The van der Waals surface area contributed by atoms with Crippen LogP contribution in [0.1, 0.15) is 48.7 Å². The van der Waals surface area contributed by atoms with E-state index >= 15 is 0 Å². The van der Waals surface area contributed by atoms with Gasteiger partial charge in [0.1, 0.15) is 6.04 Å². The summed E-state index contributed by atoms with van der Waals surface area (Å²) in [6.45, 7) is 6.63. The van der Waals surface area contributed by atoms with E-state index in [2.05, 4.69) is 22.3 Å². The van der Waals surface area contributed by atoms with Gasteiger partial charge in [0, 0.05) is 34.9 Å². The van der Waals surface area contributed by atoms with E-state index < -0.39 is 6.04 Å². The molecule has 5 heteroatoms. The Hall–Kier alpha value is -2.92. The number of anilines is 1. The number of hydrogen-bond donors (Lipinski definition) is 1.